The van der Waals surface area contributed by atoms with E-state index >= 15 is 0 Å². The maximum atomic E-state index is 13.2. The predicted molar refractivity (Wildman–Crippen MR) is 120 cm³/mol. The lowest BCUT2D eigenvalue weighted by molar-refractivity contribution is -0.140. The number of thiophene rings is 1. The number of benzene rings is 2. The molecule has 1 atom stereocenters. The molecule has 5 nitrogen and oxygen atoms in total. The lowest BCUT2D eigenvalue weighted by Crippen LogP contribution is -2.22. The molecule has 0 aliphatic heterocycles. The fourth-order valence-electron chi connectivity index (χ4n) is 3.11. The number of nitrogens with zero attached hydrogens (tertiary/aromatic N) is 2. The van der Waals surface area contributed by atoms with Gasteiger partial charge in [-0.2, -0.15) is 0 Å². The third-order valence-corrected chi connectivity index (χ3v) is 6.69. The van der Waals surface area contributed by atoms with Gasteiger partial charge in [0.25, 0.3) is 0 Å². The van der Waals surface area contributed by atoms with Gasteiger partial charge in [-0.15, -0.1) is 11.3 Å². The van der Waals surface area contributed by atoms with Gasteiger partial charge in [0.1, 0.15) is 16.2 Å². The second kappa shape index (κ2) is 9.19. The van der Waals surface area contributed by atoms with Crippen molar-refractivity contribution in [1.82, 2.24) is 9.97 Å². The van der Waals surface area contributed by atoms with Crippen LogP contribution in [0.5, 0.6) is 0 Å². The maximum absolute atomic E-state index is 13.2. The second-order valence-electron chi connectivity index (χ2n) is 6.49. The quantitative estimate of drug-likeness (QED) is 0.171. The Balaban J connectivity index is 1.75. The zero-order valence-electron chi connectivity index (χ0n) is 16.1. The van der Waals surface area contributed by atoms with Crippen LogP contribution in [0.3, 0.4) is 0 Å². The van der Waals surface area contributed by atoms with Crippen LogP contribution in [-0.4, -0.2) is 34.1 Å². The summed E-state index contributed by atoms with van der Waals surface area (Å²) in [5, 5.41) is 2.97. The molecule has 0 saturated heterocycles. The summed E-state index contributed by atoms with van der Waals surface area (Å²) in [6, 6.07) is 19.0. The number of carbonyl (C=O) groups excluding carboxylic acids is 2. The number of fused-ring (bicyclic) bond motifs is 1. The zero-order chi connectivity index (χ0) is 20.9. The number of ketones is 1. The van der Waals surface area contributed by atoms with Crippen LogP contribution in [0.2, 0.25) is 0 Å². The molecule has 0 saturated carbocycles. The molecule has 4 aromatic rings. The lowest BCUT2D eigenvalue weighted by Gasteiger charge is -2.15. The molecular weight excluding hydrogens is 416 g/mol. The first-order chi connectivity index (χ1) is 14.7. The van der Waals surface area contributed by atoms with Crippen molar-refractivity contribution in [2.75, 3.05) is 7.11 Å². The Morgan fingerprint density at radius 2 is 1.73 bits per heavy atom. The fourth-order valence-corrected chi connectivity index (χ4v) is 5.26. The Hall–Kier alpha value is -3.03. The highest BCUT2D eigenvalue weighted by atomic mass is 32.2. The number of aromatic nitrogens is 2. The Labute approximate surface area is 182 Å². The molecule has 0 N–H and O–H groups in total. The van der Waals surface area contributed by atoms with Crippen LogP contribution in [0.1, 0.15) is 16.8 Å². The summed E-state index contributed by atoms with van der Waals surface area (Å²) in [7, 11) is 1.33. The number of ether oxygens (including phenoxy) is 1. The topological polar surface area (TPSA) is 69.2 Å². The SMILES string of the molecule is COC(=O)CC(Sc1ncnc2scc(-c3ccccc3)c12)C(=O)c1ccccc1. The highest BCUT2D eigenvalue weighted by Crippen LogP contribution is 2.40. The van der Waals surface area contributed by atoms with Gasteiger partial charge in [-0.1, -0.05) is 72.4 Å². The van der Waals surface area contributed by atoms with Gasteiger partial charge in [-0.05, 0) is 5.56 Å². The average molecular weight is 435 g/mol. The first-order valence-electron chi connectivity index (χ1n) is 9.27. The summed E-state index contributed by atoms with van der Waals surface area (Å²) >= 11 is 2.82. The predicted octanol–water partition coefficient (Wildman–Crippen LogP) is 5.27. The van der Waals surface area contributed by atoms with Crippen molar-refractivity contribution in [2.45, 2.75) is 16.7 Å². The largest absolute Gasteiger partial charge is 0.469 e. The molecule has 1 unspecified atom stereocenters. The van der Waals surface area contributed by atoms with Gasteiger partial charge < -0.3 is 4.74 Å². The number of hydrogen-bond acceptors (Lipinski definition) is 7. The number of carbonyl (C=O) groups is 2. The summed E-state index contributed by atoms with van der Waals surface area (Å²) < 4.78 is 4.83. The van der Waals surface area contributed by atoms with Crippen LogP contribution in [0, 0.1) is 0 Å². The summed E-state index contributed by atoms with van der Waals surface area (Å²) in [5.74, 6) is -0.565. The van der Waals surface area contributed by atoms with Crippen molar-refractivity contribution in [1.29, 1.82) is 0 Å². The number of hydrogen-bond donors (Lipinski definition) is 0. The third-order valence-electron chi connectivity index (χ3n) is 4.60. The Kier molecular flexibility index (Phi) is 6.21. The smallest absolute Gasteiger partial charge is 0.307 e. The second-order valence-corrected chi connectivity index (χ2v) is 8.54. The number of rotatable bonds is 7. The summed E-state index contributed by atoms with van der Waals surface area (Å²) in [5.41, 5.74) is 2.62. The van der Waals surface area contributed by atoms with Crippen molar-refractivity contribution in [3.63, 3.8) is 0 Å². The fraction of sp³-hybridized carbons (Fsp3) is 0.130. The van der Waals surface area contributed by atoms with Crippen LogP contribution in [0.15, 0.2) is 77.4 Å². The molecule has 0 radical (unpaired) electrons. The molecule has 30 heavy (non-hydrogen) atoms. The van der Waals surface area contributed by atoms with E-state index in [0.717, 1.165) is 21.3 Å². The van der Waals surface area contributed by atoms with E-state index in [2.05, 4.69) is 9.97 Å². The highest BCUT2D eigenvalue weighted by Gasteiger charge is 2.27. The minimum atomic E-state index is -0.651. The summed E-state index contributed by atoms with van der Waals surface area (Å²) in [6.45, 7) is 0. The van der Waals surface area contributed by atoms with E-state index in [1.54, 1.807) is 12.1 Å². The number of thioether (sulfide) groups is 1. The van der Waals surface area contributed by atoms with Gasteiger partial charge in [0.05, 0.1) is 24.2 Å². The molecule has 0 aliphatic carbocycles. The minimum absolute atomic E-state index is 0.0365. The van der Waals surface area contributed by atoms with Gasteiger partial charge in [0.2, 0.25) is 0 Å². The van der Waals surface area contributed by atoms with E-state index in [9.17, 15) is 9.59 Å². The molecule has 0 spiro atoms. The molecule has 0 amide bonds. The van der Waals surface area contributed by atoms with Gasteiger partial charge in [0.15, 0.2) is 5.78 Å². The van der Waals surface area contributed by atoms with Crippen molar-refractivity contribution >= 4 is 45.1 Å². The Morgan fingerprint density at radius 1 is 1.03 bits per heavy atom. The van der Waals surface area contributed by atoms with E-state index < -0.39 is 11.2 Å². The number of methoxy groups -OCH3 is 1. The summed E-state index contributed by atoms with van der Waals surface area (Å²) in [4.78, 5) is 34.9. The Morgan fingerprint density at radius 3 is 2.43 bits per heavy atom. The molecule has 7 heteroatoms. The standard InChI is InChI=1S/C23H18N2O3S2/c1-28-19(26)12-18(21(27)16-10-6-3-7-11-16)30-23-20-17(15-8-4-2-5-9-15)13-29-22(20)24-14-25-23/h2-11,13-14,18H,12H2,1H3. The Bertz CT molecular complexity index is 1180. The molecule has 0 fully saturated rings. The first kappa shape index (κ1) is 20.3. The number of esters is 1. The molecule has 4 rings (SSSR count). The normalized spacial score (nSPS) is 11.9. The van der Waals surface area contributed by atoms with E-state index in [1.807, 2.05) is 53.9 Å². The van der Waals surface area contributed by atoms with Crippen LogP contribution >= 0.6 is 23.1 Å². The third kappa shape index (κ3) is 4.27. The first-order valence-corrected chi connectivity index (χ1v) is 11.0. The maximum Gasteiger partial charge on any atom is 0.307 e. The van der Waals surface area contributed by atoms with Crippen LogP contribution < -0.4 is 0 Å². The van der Waals surface area contributed by atoms with E-state index in [-0.39, 0.29) is 12.2 Å². The molecule has 0 aliphatic rings. The van der Waals surface area contributed by atoms with Crippen molar-refractivity contribution in [3.8, 4) is 11.1 Å². The summed E-state index contributed by atoms with van der Waals surface area (Å²) in [6.07, 6.45) is 1.46. The van der Waals surface area contributed by atoms with Crippen LogP contribution in [0.4, 0.5) is 0 Å². The molecule has 2 aromatic heterocycles. The van der Waals surface area contributed by atoms with Gasteiger partial charge in [-0.25, -0.2) is 9.97 Å². The monoisotopic (exact) mass is 434 g/mol. The average Bonchev–Trinajstić information content (AvgIpc) is 3.24. The minimum Gasteiger partial charge on any atom is -0.469 e. The van der Waals surface area contributed by atoms with E-state index in [0.29, 0.717) is 10.6 Å². The van der Waals surface area contributed by atoms with E-state index in [1.165, 1.54) is 36.5 Å². The van der Waals surface area contributed by atoms with Gasteiger partial charge in [-0.3, -0.25) is 9.59 Å². The lowest BCUT2D eigenvalue weighted by atomic mass is 10.1. The van der Waals surface area contributed by atoms with Crippen molar-refractivity contribution < 1.29 is 14.3 Å². The molecular formula is C23H18N2O3S2. The molecule has 2 aromatic carbocycles. The van der Waals surface area contributed by atoms with E-state index in [4.69, 9.17) is 4.74 Å². The van der Waals surface area contributed by atoms with Crippen molar-refractivity contribution in [3.05, 3.63) is 77.9 Å². The van der Waals surface area contributed by atoms with Gasteiger partial charge >= 0.3 is 5.97 Å². The zero-order valence-corrected chi connectivity index (χ0v) is 17.8. The van der Waals surface area contributed by atoms with Crippen LogP contribution in [-0.2, 0) is 9.53 Å². The molecule has 0 bridgehead atoms. The molecule has 2 heterocycles. The molecule has 150 valence electrons. The highest BCUT2D eigenvalue weighted by molar-refractivity contribution is 8.00. The van der Waals surface area contributed by atoms with Crippen LogP contribution in [0.25, 0.3) is 21.3 Å². The van der Waals surface area contributed by atoms with Crippen molar-refractivity contribution in [2.24, 2.45) is 0 Å². The van der Waals surface area contributed by atoms with Gasteiger partial charge in [0, 0.05) is 16.5 Å². The number of Topliss-reactive ketones (excluding diaryl/α,β-unsaturated/α-hetero) is 1.